The number of likely N-dealkylation sites (N-methyl/N-ethyl adjacent to an activating group) is 1. The summed E-state index contributed by atoms with van der Waals surface area (Å²) in [5, 5.41) is 5.26. The fourth-order valence-electron chi connectivity index (χ4n) is 1.67. The largest absolute Gasteiger partial charge is 0.341 e. The number of pyridine rings is 1. The molecule has 6 nitrogen and oxygen atoms in total. The first-order chi connectivity index (χ1) is 9.08. The van der Waals surface area contributed by atoms with Gasteiger partial charge in [0, 0.05) is 31.2 Å². The highest BCUT2D eigenvalue weighted by Crippen LogP contribution is 2.03. The molecular formula is C13H20N4O2. The molecule has 6 heteroatoms. The Morgan fingerprint density at radius 2 is 1.84 bits per heavy atom. The lowest BCUT2D eigenvalue weighted by atomic mass is 10.3. The Morgan fingerprint density at radius 3 is 2.37 bits per heavy atom. The van der Waals surface area contributed by atoms with Crippen LogP contribution in [0.5, 0.6) is 0 Å². The fraction of sp³-hybridized carbons (Fsp3) is 0.462. The van der Waals surface area contributed by atoms with E-state index in [1.54, 1.807) is 36.4 Å². The van der Waals surface area contributed by atoms with Crippen LogP contribution in [0.2, 0.25) is 0 Å². The van der Waals surface area contributed by atoms with Crippen molar-refractivity contribution in [3.8, 4) is 0 Å². The maximum atomic E-state index is 12.0. The molecule has 1 unspecified atom stereocenters. The number of carbonyl (C=O) groups is 2. The van der Waals surface area contributed by atoms with Crippen molar-refractivity contribution in [3.63, 3.8) is 0 Å². The molecule has 2 N–H and O–H groups in total. The second-order valence-corrected chi connectivity index (χ2v) is 4.07. The third-order valence-electron chi connectivity index (χ3n) is 2.73. The van der Waals surface area contributed by atoms with Crippen LogP contribution < -0.4 is 10.6 Å². The lowest BCUT2D eigenvalue weighted by molar-refractivity contribution is -0.132. The third kappa shape index (κ3) is 4.57. The summed E-state index contributed by atoms with van der Waals surface area (Å²) in [5.74, 6) is -0.0881. The number of anilines is 1. The lowest BCUT2D eigenvalue weighted by Crippen LogP contribution is -2.48. The van der Waals surface area contributed by atoms with Gasteiger partial charge in [-0.1, -0.05) is 0 Å². The van der Waals surface area contributed by atoms with Gasteiger partial charge < -0.3 is 15.5 Å². The smallest absolute Gasteiger partial charge is 0.319 e. The Kier molecular flexibility index (Phi) is 5.78. The normalized spacial score (nSPS) is 11.5. The monoisotopic (exact) mass is 264 g/mol. The maximum Gasteiger partial charge on any atom is 0.319 e. The maximum absolute atomic E-state index is 12.0. The average molecular weight is 264 g/mol. The van der Waals surface area contributed by atoms with Gasteiger partial charge in [-0.2, -0.15) is 0 Å². The van der Waals surface area contributed by atoms with E-state index in [2.05, 4.69) is 15.6 Å². The van der Waals surface area contributed by atoms with Gasteiger partial charge in [0.2, 0.25) is 5.91 Å². The highest BCUT2D eigenvalue weighted by Gasteiger charge is 2.19. The van der Waals surface area contributed by atoms with Crippen LogP contribution in [0.25, 0.3) is 0 Å². The van der Waals surface area contributed by atoms with Gasteiger partial charge in [-0.3, -0.25) is 9.78 Å². The predicted molar refractivity (Wildman–Crippen MR) is 73.8 cm³/mol. The van der Waals surface area contributed by atoms with E-state index in [-0.39, 0.29) is 5.91 Å². The molecule has 0 aliphatic rings. The molecule has 1 aromatic heterocycles. The molecule has 0 aliphatic carbocycles. The van der Waals surface area contributed by atoms with Crippen molar-refractivity contribution in [2.24, 2.45) is 0 Å². The molecule has 0 aliphatic heterocycles. The first-order valence-electron chi connectivity index (χ1n) is 6.34. The lowest BCUT2D eigenvalue weighted by Gasteiger charge is -2.23. The molecule has 0 saturated heterocycles. The quantitative estimate of drug-likeness (QED) is 0.845. The van der Waals surface area contributed by atoms with Crippen molar-refractivity contribution in [2.45, 2.75) is 26.8 Å². The molecule has 1 atom stereocenters. The van der Waals surface area contributed by atoms with Crippen LogP contribution in [0, 0.1) is 0 Å². The predicted octanol–water partition coefficient (Wildman–Crippen LogP) is 1.46. The van der Waals surface area contributed by atoms with E-state index in [0.29, 0.717) is 18.8 Å². The molecule has 1 rings (SSSR count). The highest BCUT2D eigenvalue weighted by molar-refractivity contribution is 5.93. The van der Waals surface area contributed by atoms with Crippen LogP contribution >= 0.6 is 0 Å². The van der Waals surface area contributed by atoms with Crippen molar-refractivity contribution in [2.75, 3.05) is 18.4 Å². The zero-order chi connectivity index (χ0) is 14.3. The summed E-state index contributed by atoms with van der Waals surface area (Å²) in [7, 11) is 0. The molecule has 0 fully saturated rings. The Balaban J connectivity index is 2.50. The number of aromatic nitrogens is 1. The minimum absolute atomic E-state index is 0.0881. The number of carbonyl (C=O) groups excluding carboxylic acids is 2. The summed E-state index contributed by atoms with van der Waals surface area (Å²) in [6.07, 6.45) is 3.17. The van der Waals surface area contributed by atoms with Crippen molar-refractivity contribution >= 4 is 17.6 Å². The van der Waals surface area contributed by atoms with Gasteiger partial charge in [-0.05, 0) is 32.9 Å². The van der Waals surface area contributed by atoms with Gasteiger partial charge in [0.25, 0.3) is 0 Å². The van der Waals surface area contributed by atoms with Gasteiger partial charge in [-0.15, -0.1) is 0 Å². The van der Waals surface area contributed by atoms with Crippen LogP contribution in [0.15, 0.2) is 24.5 Å². The van der Waals surface area contributed by atoms with Crippen molar-refractivity contribution < 1.29 is 9.59 Å². The van der Waals surface area contributed by atoms with E-state index in [0.717, 1.165) is 0 Å². The van der Waals surface area contributed by atoms with E-state index >= 15 is 0 Å². The molecule has 1 aromatic rings. The Labute approximate surface area is 113 Å². The molecular weight excluding hydrogens is 244 g/mol. The second kappa shape index (κ2) is 7.35. The number of nitrogens with zero attached hydrogens (tertiary/aromatic N) is 2. The van der Waals surface area contributed by atoms with Crippen LogP contribution in [0.4, 0.5) is 10.5 Å². The van der Waals surface area contributed by atoms with Gasteiger partial charge in [0.1, 0.15) is 6.04 Å². The first kappa shape index (κ1) is 14.9. The Hall–Kier alpha value is -2.11. The van der Waals surface area contributed by atoms with E-state index in [1.807, 2.05) is 13.8 Å². The summed E-state index contributed by atoms with van der Waals surface area (Å²) < 4.78 is 0. The van der Waals surface area contributed by atoms with E-state index in [4.69, 9.17) is 0 Å². The van der Waals surface area contributed by atoms with Crippen LogP contribution in [0.3, 0.4) is 0 Å². The Morgan fingerprint density at radius 1 is 1.26 bits per heavy atom. The summed E-state index contributed by atoms with van der Waals surface area (Å²) in [6.45, 7) is 6.75. The average Bonchev–Trinajstić information content (AvgIpc) is 2.40. The Bertz CT molecular complexity index is 418. The van der Waals surface area contributed by atoms with Crippen LogP contribution in [-0.4, -0.2) is 41.0 Å². The second-order valence-electron chi connectivity index (χ2n) is 4.07. The van der Waals surface area contributed by atoms with Gasteiger partial charge in [0.15, 0.2) is 0 Å². The summed E-state index contributed by atoms with van der Waals surface area (Å²) >= 11 is 0. The molecule has 0 aromatic carbocycles. The zero-order valence-corrected chi connectivity index (χ0v) is 11.5. The molecule has 3 amide bonds. The molecule has 104 valence electrons. The van der Waals surface area contributed by atoms with Gasteiger partial charge in [0.05, 0.1) is 0 Å². The van der Waals surface area contributed by atoms with E-state index in [1.165, 1.54) is 0 Å². The summed E-state index contributed by atoms with van der Waals surface area (Å²) in [6, 6.07) is 2.40. The van der Waals surface area contributed by atoms with Crippen molar-refractivity contribution in [1.29, 1.82) is 0 Å². The number of urea groups is 1. The molecule has 0 saturated carbocycles. The summed E-state index contributed by atoms with van der Waals surface area (Å²) in [5.41, 5.74) is 0.634. The molecule has 1 heterocycles. The third-order valence-corrected chi connectivity index (χ3v) is 2.73. The van der Waals surface area contributed by atoms with Crippen molar-refractivity contribution in [3.05, 3.63) is 24.5 Å². The number of nitrogens with one attached hydrogen (secondary N) is 2. The van der Waals surface area contributed by atoms with Crippen molar-refractivity contribution in [1.82, 2.24) is 15.2 Å². The molecule has 0 radical (unpaired) electrons. The fourth-order valence-corrected chi connectivity index (χ4v) is 1.67. The van der Waals surface area contributed by atoms with Gasteiger partial charge in [-0.25, -0.2) is 4.79 Å². The molecule has 19 heavy (non-hydrogen) atoms. The van der Waals surface area contributed by atoms with Gasteiger partial charge >= 0.3 is 6.03 Å². The highest BCUT2D eigenvalue weighted by atomic mass is 16.2. The van der Waals surface area contributed by atoms with Crippen LogP contribution in [-0.2, 0) is 4.79 Å². The topological polar surface area (TPSA) is 74.3 Å². The van der Waals surface area contributed by atoms with E-state index < -0.39 is 12.1 Å². The minimum atomic E-state index is -0.554. The van der Waals surface area contributed by atoms with E-state index in [9.17, 15) is 9.59 Å². The zero-order valence-electron chi connectivity index (χ0n) is 11.5. The summed E-state index contributed by atoms with van der Waals surface area (Å²) in [4.78, 5) is 29.2. The number of hydrogen-bond acceptors (Lipinski definition) is 3. The first-order valence-corrected chi connectivity index (χ1v) is 6.34. The number of hydrogen-bond donors (Lipinski definition) is 2. The standard InChI is InChI=1S/C13H20N4O2/c1-4-17(5-2)12(18)10(3)15-13(19)16-11-6-8-14-9-7-11/h6-10H,4-5H2,1-3H3,(H2,14,15,16,19). The molecule has 0 bridgehead atoms. The number of rotatable bonds is 5. The number of amides is 3. The van der Waals surface area contributed by atoms with Crippen LogP contribution in [0.1, 0.15) is 20.8 Å². The SMILES string of the molecule is CCN(CC)C(=O)C(C)NC(=O)Nc1ccncc1. The minimum Gasteiger partial charge on any atom is -0.341 e. The molecule has 0 spiro atoms.